The first kappa shape index (κ1) is 24.7. The van der Waals surface area contributed by atoms with E-state index in [1.54, 1.807) is 13.1 Å². The van der Waals surface area contributed by atoms with E-state index in [9.17, 15) is 9.59 Å². The lowest BCUT2D eigenvalue weighted by atomic mass is 9.95. The SMILES string of the molecule is CCNc1cccc(C(=O)NCc2c(C)[nH]n(C)c2=O)c1C.CN(C)C1CCCCC1. The molecule has 0 bridgehead atoms. The van der Waals surface area contributed by atoms with E-state index in [0.29, 0.717) is 11.1 Å². The molecule has 1 aliphatic rings. The number of aromatic nitrogens is 2. The van der Waals surface area contributed by atoms with Gasteiger partial charge in [-0.15, -0.1) is 0 Å². The van der Waals surface area contributed by atoms with Crippen molar-refractivity contribution in [2.45, 2.75) is 65.5 Å². The van der Waals surface area contributed by atoms with E-state index in [1.807, 2.05) is 32.9 Å². The Morgan fingerprint density at radius 3 is 2.39 bits per heavy atom. The number of aryl methyl sites for hydroxylation is 2. The van der Waals surface area contributed by atoms with E-state index in [-0.39, 0.29) is 18.0 Å². The topological polar surface area (TPSA) is 82.2 Å². The van der Waals surface area contributed by atoms with E-state index in [2.05, 4.69) is 34.7 Å². The van der Waals surface area contributed by atoms with Crippen molar-refractivity contribution in [3.05, 3.63) is 50.9 Å². The molecular formula is C24H39N5O2. The third-order valence-corrected chi connectivity index (χ3v) is 6.03. The van der Waals surface area contributed by atoms with Crippen LogP contribution in [0.5, 0.6) is 0 Å². The Morgan fingerprint density at radius 1 is 1.19 bits per heavy atom. The van der Waals surface area contributed by atoms with Crippen LogP contribution in [0.2, 0.25) is 0 Å². The van der Waals surface area contributed by atoms with Gasteiger partial charge in [0.05, 0.1) is 12.1 Å². The van der Waals surface area contributed by atoms with Crippen LogP contribution in [-0.4, -0.2) is 47.3 Å². The summed E-state index contributed by atoms with van der Waals surface area (Å²) < 4.78 is 1.41. The second-order valence-electron chi connectivity index (χ2n) is 8.53. The Hall–Kier alpha value is -2.54. The molecular weight excluding hydrogens is 390 g/mol. The van der Waals surface area contributed by atoms with E-state index >= 15 is 0 Å². The molecule has 1 aromatic carbocycles. The van der Waals surface area contributed by atoms with Crippen LogP contribution >= 0.6 is 0 Å². The highest BCUT2D eigenvalue weighted by molar-refractivity contribution is 5.97. The Balaban J connectivity index is 0.000000316. The zero-order valence-corrected chi connectivity index (χ0v) is 20.0. The van der Waals surface area contributed by atoms with Crippen molar-refractivity contribution in [3.8, 4) is 0 Å². The second kappa shape index (κ2) is 11.7. The first-order valence-electron chi connectivity index (χ1n) is 11.3. The standard InChI is InChI=1S/C16H22N4O2.C8H17N/c1-5-17-14-8-6-7-12(10(14)2)15(21)18-9-13-11(3)19-20(4)16(13)22;1-9(2)8-6-4-3-5-7-8/h6-8,17,19H,5,9H2,1-4H3,(H,18,21);8H,3-7H2,1-2H3. The number of rotatable bonds is 6. The largest absolute Gasteiger partial charge is 0.385 e. The van der Waals surface area contributed by atoms with Gasteiger partial charge < -0.3 is 15.5 Å². The predicted molar refractivity (Wildman–Crippen MR) is 128 cm³/mol. The second-order valence-corrected chi connectivity index (χ2v) is 8.53. The molecule has 1 saturated carbocycles. The molecule has 1 fully saturated rings. The number of nitrogens with one attached hydrogen (secondary N) is 3. The lowest BCUT2D eigenvalue weighted by Gasteiger charge is -2.27. The Labute approximate surface area is 186 Å². The van der Waals surface area contributed by atoms with Crippen LogP contribution in [-0.2, 0) is 13.6 Å². The van der Waals surface area contributed by atoms with Crippen molar-refractivity contribution in [2.75, 3.05) is 26.0 Å². The molecule has 0 atom stereocenters. The van der Waals surface area contributed by atoms with Crippen LogP contribution in [0.1, 0.15) is 66.2 Å². The maximum atomic E-state index is 12.4. The molecule has 3 N–H and O–H groups in total. The van der Waals surface area contributed by atoms with Crippen LogP contribution < -0.4 is 16.2 Å². The molecule has 2 aromatic rings. The molecule has 0 unspecified atom stereocenters. The van der Waals surface area contributed by atoms with Crippen LogP contribution in [0.25, 0.3) is 0 Å². The quantitative estimate of drug-likeness (QED) is 0.656. The minimum atomic E-state index is -0.181. The molecule has 7 heteroatoms. The van der Waals surface area contributed by atoms with Gasteiger partial charge in [0.15, 0.2) is 0 Å². The Bertz CT molecular complexity index is 907. The van der Waals surface area contributed by atoms with E-state index in [1.165, 1.54) is 36.8 Å². The summed E-state index contributed by atoms with van der Waals surface area (Å²) in [7, 11) is 6.04. The fraction of sp³-hybridized carbons (Fsp3) is 0.583. The summed E-state index contributed by atoms with van der Waals surface area (Å²) in [5, 5.41) is 8.97. The fourth-order valence-corrected chi connectivity index (χ4v) is 4.07. The number of nitrogens with zero attached hydrogens (tertiary/aromatic N) is 2. The van der Waals surface area contributed by atoms with Crippen molar-refractivity contribution in [3.63, 3.8) is 0 Å². The molecule has 31 heavy (non-hydrogen) atoms. The van der Waals surface area contributed by atoms with Crippen molar-refractivity contribution >= 4 is 11.6 Å². The Morgan fingerprint density at radius 2 is 1.87 bits per heavy atom. The number of aromatic amines is 1. The lowest BCUT2D eigenvalue weighted by molar-refractivity contribution is 0.0950. The summed E-state index contributed by atoms with van der Waals surface area (Å²) in [6.07, 6.45) is 7.20. The van der Waals surface area contributed by atoms with Gasteiger partial charge in [-0.3, -0.25) is 19.4 Å². The van der Waals surface area contributed by atoms with Gasteiger partial charge in [-0.25, -0.2) is 0 Å². The summed E-state index contributed by atoms with van der Waals surface area (Å²) in [6, 6.07) is 6.47. The molecule has 1 aromatic heterocycles. The number of hydrogen-bond donors (Lipinski definition) is 3. The highest BCUT2D eigenvalue weighted by Crippen LogP contribution is 2.20. The van der Waals surface area contributed by atoms with Gasteiger partial charge in [0, 0.05) is 36.6 Å². The molecule has 7 nitrogen and oxygen atoms in total. The highest BCUT2D eigenvalue weighted by atomic mass is 16.2. The molecule has 1 amide bonds. The summed E-state index contributed by atoms with van der Waals surface area (Å²) >= 11 is 0. The predicted octanol–water partition coefficient (Wildman–Crippen LogP) is 3.57. The maximum absolute atomic E-state index is 12.4. The third kappa shape index (κ3) is 6.72. The molecule has 172 valence electrons. The van der Waals surface area contributed by atoms with E-state index in [0.717, 1.165) is 29.5 Å². The van der Waals surface area contributed by atoms with Gasteiger partial charge in [-0.05, 0) is 65.4 Å². The van der Waals surface area contributed by atoms with Crippen molar-refractivity contribution in [2.24, 2.45) is 7.05 Å². The first-order chi connectivity index (χ1) is 14.8. The number of amides is 1. The average molecular weight is 430 g/mol. The van der Waals surface area contributed by atoms with Crippen LogP contribution in [0.15, 0.2) is 23.0 Å². The van der Waals surface area contributed by atoms with Crippen LogP contribution in [0.4, 0.5) is 5.69 Å². The number of hydrogen-bond acceptors (Lipinski definition) is 4. The summed E-state index contributed by atoms with van der Waals surface area (Å²) in [5.74, 6) is -0.181. The van der Waals surface area contributed by atoms with Crippen molar-refractivity contribution in [1.29, 1.82) is 0 Å². The van der Waals surface area contributed by atoms with Crippen LogP contribution in [0.3, 0.4) is 0 Å². The smallest absolute Gasteiger partial charge is 0.271 e. The zero-order valence-electron chi connectivity index (χ0n) is 20.0. The van der Waals surface area contributed by atoms with Gasteiger partial charge in [-0.2, -0.15) is 0 Å². The van der Waals surface area contributed by atoms with Gasteiger partial charge >= 0.3 is 0 Å². The number of anilines is 1. The maximum Gasteiger partial charge on any atom is 0.271 e. The van der Waals surface area contributed by atoms with Crippen molar-refractivity contribution < 1.29 is 4.79 Å². The minimum Gasteiger partial charge on any atom is -0.385 e. The minimum absolute atomic E-state index is 0.115. The molecule has 1 heterocycles. The van der Waals surface area contributed by atoms with Gasteiger partial charge in [0.25, 0.3) is 11.5 Å². The summed E-state index contributed by atoms with van der Waals surface area (Å²) in [4.78, 5) is 26.6. The third-order valence-electron chi connectivity index (χ3n) is 6.03. The monoisotopic (exact) mass is 429 g/mol. The Kier molecular flexibility index (Phi) is 9.37. The molecule has 0 radical (unpaired) electrons. The number of benzene rings is 1. The fourth-order valence-electron chi connectivity index (χ4n) is 4.07. The zero-order chi connectivity index (χ0) is 23.0. The summed E-state index contributed by atoms with van der Waals surface area (Å²) in [5.41, 5.74) is 3.70. The number of carbonyl (C=O) groups excluding carboxylic acids is 1. The molecule has 0 saturated heterocycles. The van der Waals surface area contributed by atoms with E-state index in [4.69, 9.17) is 0 Å². The average Bonchev–Trinajstić information content (AvgIpc) is 3.00. The molecule has 1 aliphatic carbocycles. The number of carbonyl (C=O) groups is 1. The van der Waals surface area contributed by atoms with Crippen molar-refractivity contribution in [1.82, 2.24) is 20.0 Å². The number of H-pyrrole nitrogens is 1. The van der Waals surface area contributed by atoms with Gasteiger partial charge in [0.2, 0.25) is 0 Å². The van der Waals surface area contributed by atoms with Crippen LogP contribution in [0, 0.1) is 13.8 Å². The highest BCUT2D eigenvalue weighted by Gasteiger charge is 2.15. The molecule has 0 aliphatic heterocycles. The lowest BCUT2D eigenvalue weighted by Crippen LogP contribution is -2.29. The summed E-state index contributed by atoms with van der Waals surface area (Å²) in [6.45, 7) is 6.75. The first-order valence-corrected chi connectivity index (χ1v) is 11.3. The molecule has 3 rings (SSSR count). The van der Waals surface area contributed by atoms with Gasteiger partial charge in [-0.1, -0.05) is 25.3 Å². The normalized spacial score (nSPS) is 14.2. The van der Waals surface area contributed by atoms with E-state index < -0.39 is 0 Å². The van der Waals surface area contributed by atoms with Gasteiger partial charge in [0.1, 0.15) is 0 Å². The molecule has 0 spiro atoms.